The van der Waals surface area contributed by atoms with Gasteiger partial charge >= 0.3 is 0 Å². The number of ether oxygens (including phenoxy) is 2. The van der Waals surface area contributed by atoms with E-state index in [0.29, 0.717) is 32.9 Å². The van der Waals surface area contributed by atoms with Crippen molar-refractivity contribution in [2.45, 2.75) is 6.92 Å². The highest BCUT2D eigenvalue weighted by molar-refractivity contribution is 5.47. The Balaban J connectivity index is 2.43. The van der Waals surface area contributed by atoms with Crippen molar-refractivity contribution < 1.29 is 18.9 Å². The van der Waals surface area contributed by atoms with Crippen molar-refractivity contribution in [3.8, 4) is 0 Å². The fourth-order valence-electron chi connectivity index (χ4n) is 1.85. The van der Waals surface area contributed by atoms with E-state index < -0.39 is 0 Å². The van der Waals surface area contributed by atoms with Crippen LogP contribution in [0.3, 0.4) is 0 Å². The lowest BCUT2D eigenvalue weighted by Crippen LogP contribution is -2.31. The summed E-state index contributed by atoms with van der Waals surface area (Å²) in [6, 6.07) is 8.29. The monoisotopic (exact) mass is 300 g/mol. The normalized spacial score (nSPS) is 10.8. The van der Waals surface area contributed by atoms with Crippen LogP contribution in [0.15, 0.2) is 24.3 Å². The highest BCUT2D eigenvalue weighted by atomic mass is 19.3. The van der Waals surface area contributed by atoms with Crippen LogP contribution in [0, 0.1) is 6.92 Å². The third-order valence-electron chi connectivity index (χ3n) is 2.98. The van der Waals surface area contributed by atoms with Crippen molar-refractivity contribution in [2.75, 3.05) is 57.6 Å². The number of aryl methyl sites for hydroxylation is 1. The molecule has 5 nitrogen and oxygen atoms in total. The highest BCUT2D eigenvalue weighted by Gasteiger charge is 2.06. The summed E-state index contributed by atoms with van der Waals surface area (Å²) in [5.41, 5.74) is 7.73. The van der Waals surface area contributed by atoms with Gasteiger partial charge < -0.3 is 20.1 Å². The quantitative estimate of drug-likeness (QED) is 0.595. The van der Waals surface area contributed by atoms with Crippen LogP contribution in [-0.4, -0.2) is 52.7 Å². The van der Waals surface area contributed by atoms with E-state index in [9.17, 15) is 4.53 Å². The summed E-state index contributed by atoms with van der Waals surface area (Å²) in [6.07, 6.45) is 0. The number of nitrogens with two attached hydrogens (primary N) is 1. The molecule has 0 amide bonds. The second-order valence-corrected chi connectivity index (χ2v) is 4.65. The molecule has 0 spiro atoms. The van der Waals surface area contributed by atoms with Crippen molar-refractivity contribution >= 4 is 5.69 Å². The zero-order valence-corrected chi connectivity index (χ0v) is 12.6. The molecule has 2 N–H and O–H groups in total. The first-order chi connectivity index (χ1) is 10.3. The molecule has 0 saturated carbocycles. The lowest BCUT2D eigenvalue weighted by atomic mass is 10.2. The van der Waals surface area contributed by atoms with Crippen LogP contribution in [-0.2, 0) is 14.4 Å². The Kier molecular flexibility index (Phi) is 9.73. The van der Waals surface area contributed by atoms with E-state index in [4.69, 9.17) is 15.2 Å². The van der Waals surface area contributed by atoms with E-state index in [1.165, 1.54) is 5.56 Å². The Morgan fingerprint density at radius 1 is 0.952 bits per heavy atom. The molecule has 0 heterocycles. The summed E-state index contributed by atoms with van der Waals surface area (Å²) < 4.78 is 22.2. The lowest BCUT2D eigenvalue weighted by Gasteiger charge is -2.25. The number of nitrogens with zero attached hydrogens (tertiary/aromatic N) is 1. The predicted molar refractivity (Wildman–Crippen MR) is 81.1 cm³/mol. The zero-order chi connectivity index (χ0) is 15.3. The Bertz CT molecular complexity index is 362. The molecule has 1 rings (SSSR count). The largest absolute Gasteiger partial charge is 0.378 e. The molecule has 1 aromatic rings. The van der Waals surface area contributed by atoms with Gasteiger partial charge in [-0.05, 0) is 23.6 Å². The molecule has 120 valence electrons. The van der Waals surface area contributed by atoms with Gasteiger partial charge in [0.15, 0.2) is 0 Å². The molecule has 0 unspecified atom stereocenters. The highest BCUT2D eigenvalue weighted by Crippen LogP contribution is 2.14. The van der Waals surface area contributed by atoms with Gasteiger partial charge in [-0.1, -0.05) is 17.7 Å². The van der Waals surface area contributed by atoms with Gasteiger partial charge in [0.1, 0.15) is 6.61 Å². The molecule has 0 radical (unpaired) electrons. The molecule has 0 bridgehead atoms. The van der Waals surface area contributed by atoms with Gasteiger partial charge in [0, 0.05) is 25.3 Å². The van der Waals surface area contributed by atoms with E-state index in [1.54, 1.807) is 0 Å². The van der Waals surface area contributed by atoms with Crippen LogP contribution in [0.5, 0.6) is 0 Å². The summed E-state index contributed by atoms with van der Waals surface area (Å²) in [5.74, 6) is 0. The fraction of sp³-hybridized carbons (Fsp3) is 0.600. The topological polar surface area (TPSA) is 57.0 Å². The van der Waals surface area contributed by atoms with E-state index in [-0.39, 0.29) is 13.2 Å². The molecule has 0 aliphatic carbocycles. The Hall–Kier alpha value is -1.21. The van der Waals surface area contributed by atoms with Crippen LogP contribution in [0.1, 0.15) is 5.56 Å². The molecule has 0 aromatic heterocycles. The first kappa shape index (κ1) is 17.8. The van der Waals surface area contributed by atoms with Gasteiger partial charge in [-0.3, -0.25) is 0 Å². The Labute approximate surface area is 125 Å². The van der Waals surface area contributed by atoms with Crippen molar-refractivity contribution in [1.82, 2.24) is 0 Å². The van der Waals surface area contributed by atoms with Gasteiger partial charge in [-0.15, -0.1) is 0 Å². The average Bonchev–Trinajstić information content (AvgIpc) is 2.50. The molecular formula is C15H25FN2O3. The van der Waals surface area contributed by atoms with Crippen molar-refractivity contribution in [1.29, 1.82) is 0 Å². The maximum absolute atomic E-state index is 11.5. The maximum Gasteiger partial charge on any atom is 0.111 e. The summed E-state index contributed by atoms with van der Waals surface area (Å²) in [4.78, 5) is 5.64. The minimum absolute atomic E-state index is 0.0376. The van der Waals surface area contributed by atoms with Crippen LogP contribution in [0.4, 0.5) is 10.2 Å². The molecule has 0 fully saturated rings. The first-order valence-corrected chi connectivity index (χ1v) is 7.18. The SMILES string of the molecule is Cc1ccc(N(CCOCCN)CCOCCOF)cc1. The van der Waals surface area contributed by atoms with E-state index in [0.717, 1.165) is 12.2 Å². The summed E-state index contributed by atoms with van der Waals surface area (Å²) in [5, 5.41) is 0. The first-order valence-electron chi connectivity index (χ1n) is 7.18. The Morgan fingerprint density at radius 2 is 1.57 bits per heavy atom. The summed E-state index contributed by atoms with van der Waals surface area (Å²) in [7, 11) is 0. The average molecular weight is 300 g/mol. The minimum Gasteiger partial charge on any atom is -0.378 e. The number of rotatable bonds is 12. The number of anilines is 1. The van der Waals surface area contributed by atoms with Gasteiger partial charge in [-0.25, -0.2) is 0 Å². The molecule has 0 aliphatic rings. The molecule has 21 heavy (non-hydrogen) atoms. The maximum atomic E-state index is 11.5. The third-order valence-corrected chi connectivity index (χ3v) is 2.98. The number of hydrogen-bond acceptors (Lipinski definition) is 5. The van der Waals surface area contributed by atoms with Crippen LogP contribution in [0.25, 0.3) is 0 Å². The summed E-state index contributed by atoms with van der Waals surface area (Å²) >= 11 is 0. The summed E-state index contributed by atoms with van der Waals surface area (Å²) in [6.45, 7) is 5.94. The molecule has 6 heteroatoms. The van der Waals surface area contributed by atoms with E-state index in [1.807, 2.05) is 0 Å². The molecule has 0 atom stereocenters. The van der Waals surface area contributed by atoms with Crippen LogP contribution < -0.4 is 10.6 Å². The van der Waals surface area contributed by atoms with Gasteiger partial charge in [0.2, 0.25) is 0 Å². The van der Waals surface area contributed by atoms with Gasteiger partial charge in [0.25, 0.3) is 0 Å². The second-order valence-electron chi connectivity index (χ2n) is 4.65. The standard InChI is InChI=1S/C15H25FN2O3/c1-14-2-4-15(5-3-14)18(7-10-19-9-6-17)8-11-20-12-13-21-16/h2-5H,6-13,17H2,1H3. The van der Waals surface area contributed by atoms with E-state index >= 15 is 0 Å². The number of halogens is 1. The molecular weight excluding hydrogens is 275 g/mol. The molecule has 1 aromatic carbocycles. The predicted octanol–water partition coefficient (Wildman–Crippen LogP) is 1.69. The Morgan fingerprint density at radius 3 is 2.14 bits per heavy atom. The second kappa shape index (κ2) is 11.4. The number of hydrogen-bond donors (Lipinski definition) is 1. The zero-order valence-electron chi connectivity index (χ0n) is 12.6. The van der Waals surface area contributed by atoms with Crippen LogP contribution in [0.2, 0.25) is 0 Å². The third kappa shape index (κ3) is 7.96. The molecule has 0 aliphatic heterocycles. The smallest absolute Gasteiger partial charge is 0.111 e. The van der Waals surface area contributed by atoms with Crippen molar-refractivity contribution in [2.24, 2.45) is 5.73 Å². The van der Waals surface area contributed by atoms with Crippen molar-refractivity contribution in [3.05, 3.63) is 29.8 Å². The lowest BCUT2D eigenvalue weighted by molar-refractivity contribution is -0.145. The van der Waals surface area contributed by atoms with Crippen LogP contribution >= 0.6 is 0 Å². The minimum atomic E-state index is -0.0376. The van der Waals surface area contributed by atoms with Crippen molar-refractivity contribution in [3.63, 3.8) is 0 Å². The van der Waals surface area contributed by atoms with Gasteiger partial charge in [-0.2, -0.15) is 4.94 Å². The van der Waals surface area contributed by atoms with E-state index in [2.05, 4.69) is 41.0 Å². The fourth-order valence-corrected chi connectivity index (χ4v) is 1.85. The molecule has 0 saturated heterocycles. The number of benzene rings is 1. The van der Waals surface area contributed by atoms with Gasteiger partial charge in [0.05, 0.1) is 26.4 Å².